The molecule has 0 aliphatic heterocycles. The van der Waals surface area contributed by atoms with Crippen LogP contribution in [0.5, 0.6) is 0 Å². The number of aliphatic imine (C=N–C) groups is 1. The predicted octanol–water partition coefficient (Wildman–Crippen LogP) is 2.82. The molecule has 0 saturated carbocycles. The van der Waals surface area contributed by atoms with Gasteiger partial charge in [0, 0.05) is 12.0 Å². The number of halogens is 1. The Morgan fingerprint density at radius 1 is 1.35 bits per heavy atom. The lowest BCUT2D eigenvalue weighted by Crippen LogP contribution is -2.12. The zero-order chi connectivity index (χ0) is 12.3. The summed E-state index contributed by atoms with van der Waals surface area (Å²) >= 11 is 5.62. The van der Waals surface area contributed by atoms with Crippen molar-refractivity contribution in [3.63, 3.8) is 0 Å². The first-order valence-electron chi connectivity index (χ1n) is 5.76. The number of carbonyl (C=O) groups is 1. The number of nitrogens with two attached hydrogens (primary N) is 1. The van der Waals surface area contributed by atoms with Crippen molar-refractivity contribution in [1.29, 1.82) is 0 Å². The summed E-state index contributed by atoms with van der Waals surface area (Å²) in [5, 5.41) is 0. The Bertz CT molecular complexity index is 468. The molecular weight excluding hydrogens is 236 g/mol. The number of benzene rings is 1. The molecule has 0 unspecified atom stereocenters. The van der Waals surface area contributed by atoms with Gasteiger partial charge in [0.1, 0.15) is 5.84 Å². The van der Waals surface area contributed by atoms with E-state index in [9.17, 15) is 4.79 Å². The first-order chi connectivity index (χ1) is 8.22. The maximum atomic E-state index is 11.9. The quantitative estimate of drug-likeness (QED) is 0.380. The van der Waals surface area contributed by atoms with Crippen molar-refractivity contribution in [3.8, 4) is 0 Å². The molecule has 0 bridgehead atoms. The number of alkyl halides is 1. The molecule has 0 amide bonds. The van der Waals surface area contributed by atoms with E-state index in [0.717, 1.165) is 36.1 Å². The molecule has 0 aromatic heterocycles. The van der Waals surface area contributed by atoms with Gasteiger partial charge in [0.15, 0.2) is 5.78 Å². The summed E-state index contributed by atoms with van der Waals surface area (Å²) in [6.45, 7) is 0. The zero-order valence-corrected chi connectivity index (χ0v) is 10.3. The van der Waals surface area contributed by atoms with E-state index in [1.165, 1.54) is 0 Å². The van der Waals surface area contributed by atoms with Gasteiger partial charge in [0.05, 0.1) is 11.6 Å². The van der Waals surface area contributed by atoms with Crippen molar-refractivity contribution < 1.29 is 4.79 Å². The van der Waals surface area contributed by atoms with E-state index < -0.39 is 0 Å². The standard InChI is InChI=1S/C13H15ClN2O/c14-8-13(15)16-11-6-3-5-10-9(11)4-1-2-7-12(10)17/h3,5-6H,1-2,4,7-8H2,(H2,15,16). The molecule has 3 nitrogen and oxygen atoms in total. The number of fused-ring (bicyclic) bond motifs is 1. The van der Waals surface area contributed by atoms with Gasteiger partial charge in [-0.05, 0) is 30.9 Å². The van der Waals surface area contributed by atoms with Crippen molar-refractivity contribution >= 4 is 28.9 Å². The molecule has 90 valence electrons. The highest BCUT2D eigenvalue weighted by Gasteiger charge is 2.17. The van der Waals surface area contributed by atoms with Gasteiger partial charge in [-0.15, -0.1) is 11.6 Å². The molecule has 0 saturated heterocycles. The lowest BCUT2D eigenvalue weighted by Gasteiger charge is -2.08. The molecule has 1 aromatic rings. The summed E-state index contributed by atoms with van der Waals surface area (Å²) < 4.78 is 0. The van der Waals surface area contributed by atoms with Crippen LogP contribution in [0.25, 0.3) is 0 Å². The largest absolute Gasteiger partial charge is 0.386 e. The van der Waals surface area contributed by atoms with Crippen molar-refractivity contribution in [1.82, 2.24) is 0 Å². The van der Waals surface area contributed by atoms with Gasteiger partial charge in [-0.1, -0.05) is 12.1 Å². The number of ketones is 1. The fraction of sp³-hybridized carbons (Fsp3) is 0.385. The highest BCUT2D eigenvalue weighted by Crippen LogP contribution is 2.29. The van der Waals surface area contributed by atoms with Crippen LogP contribution in [0, 0.1) is 0 Å². The molecular formula is C13H15ClN2O. The lowest BCUT2D eigenvalue weighted by atomic mass is 10.0. The van der Waals surface area contributed by atoms with Gasteiger partial charge in [0.2, 0.25) is 0 Å². The minimum atomic E-state index is 0.206. The van der Waals surface area contributed by atoms with Crippen molar-refractivity contribution in [2.75, 3.05) is 5.88 Å². The normalized spacial score (nSPS) is 16.5. The van der Waals surface area contributed by atoms with E-state index in [2.05, 4.69) is 4.99 Å². The van der Waals surface area contributed by atoms with E-state index in [1.807, 2.05) is 18.2 Å². The molecule has 0 spiro atoms. The van der Waals surface area contributed by atoms with Crippen molar-refractivity contribution in [3.05, 3.63) is 29.3 Å². The number of hydrogen-bond donors (Lipinski definition) is 1. The van der Waals surface area contributed by atoms with Crippen molar-refractivity contribution in [2.24, 2.45) is 10.7 Å². The maximum Gasteiger partial charge on any atom is 0.163 e. The van der Waals surface area contributed by atoms with Gasteiger partial charge in [-0.3, -0.25) is 4.79 Å². The first kappa shape index (κ1) is 12.1. The molecule has 2 N–H and O–H groups in total. The molecule has 1 aliphatic carbocycles. The number of amidine groups is 1. The van der Waals surface area contributed by atoms with Crippen LogP contribution in [0.4, 0.5) is 5.69 Å². The predicted molar refractivity (Wildman–Crippen MR) is 70.3 cm³/mol. The summed E-state index contributed by atoms with van der Waals surface area (Å²) in [7, 11) is 0. The van der Waals surface area contributed by atoms with Gasteiger partial charge in [-0.25, -0.2) is 4.99 Å². The molecule has 1 aromatic carbocycles. The number of hydrogen-bond acceptors (Lipinski definition) is 2. The smallest absolute Gasteiger partial charge is 0.163 e. The molecule has 1 aliphatic rings. The second kappa shape index (κ2) is 5.32. The first-order valence-corrected chi connectivity index (χ1v) is 6.30. The molecule has 0 heterocycles. The van der Waals surface area contributed by atoms with Crippen LogP contribution in [0.15, 0.2) is 23.2 Å². The monoisotopic (exact) mass is 250 g/mol. The van der Waals surface area contributed by atoms with Crippen LogP contribution >= 0.6 is 11.6 Å². The minimum absolute atomic E-state index is 0.206. The Kier molecular flexibility index (Phi) is 3.79. The summed E-state index contributed by atoms with van der Waals surface area (Å²) in [6.07, 6.45) is 3.48. The molecule has 0 fully saturated rings. The van der Waals surface area contributed by atoms with E-state index in [-0.39, 0.29) is 11.7 Å². The summed E-state index contributed by atoms with van der Waals surface area (Å²) in [6, 6.07) is 5.61. The fourth-order valence-corrected chi connectivity index (χ4v) is 2.17. The van der Waals surface area contributed by atoms with E-state index in [1.54, 1.807) is 0 Å². The number of nitrogens with zero attached hydrogens (tertiary/aromatic N) is 1. The summed E-state index contributed by atoms with van der Waals surface area (Å²) in [5.41, 5.74) is 8.25. The zero-order valence-electron chi connectivity index (χ0n) is 9.58. The Labute approximate surface area is 106 Å². The van der Waals surface area contributed by atoms with E-state index in [4.69, 9.17) is 17.3 Å². The molecule has 0 radical (unpaired) electrons. The highest BCUT2D eigenvalue weighted by atomic mass is 35.5. The van der Waals surface area contributed by atoms with Crippen LogP contribution in [0.2, 0.25) is 0 Å². The summed E-state index contributed by atoms with van der Waals surface area (Å²) in [5.74, 6) is 0.799. The number of Topliss-reactive ketones (excluding diaryl/α,β-unsaturated/α-hetero) is 1. The Hall–Kier alpha value is -1.35. The van der Waals surface area contributed by atoms with Crippen molar-refractivity contribution in [2.45, 2.75) is 25.7 Å². The van der Waals surface area contributed by atoms with Gasteiger partial charge in [0.25, 0.3) is 0 Å². The van der Waals surface area contributed by atoms with Gasteiger partial charge in [-0.2, -0.15) is 0 Å². The maximum absolute atomic E-state index is 11.9. The lowest BCUT2D eigenvalue weighted by molar-refractivity contribution is 0.0982. The van der Waals surface area contributed by atoms with Crippen LogP contribution in [0.3, 0.4) is 0 Å². The van der Waals surface area contributed by atoms with Crippen LogP contribution in [-0.2, 0) is 6.42 Å². The average Bonchev–Trinajstić information content (AvgIpc) is 2.53. The molecule has 0 atom stereocenters. The third-order valence-electron chi connectivity index (χ3n) is 2.93. The third kappa shape index (κ3) is 2.67. The summed E-state index contributed by atoms with van der Waals surface area (Å²) in [4.78, 5) is 16.2. The van der Waals surface area contributed by atoms with Crippen LogP contribution < -0.4 is 5.73 Å². The van der Waals surface area contributed by atoms with E-state index in [0.29, 0.717) is 12.3 Å². The van der Waals surface area contributed by atoms with Crippen LogP contribution in [0.1, 0.15) is 35.2 Å². The van der Waals surface area contributed by atoms with E-state index >= 15 is 0 Å². The average molecular weight is 251 g/mol. The Morgan fingerprint density at radius 3 is 2.88 bits per heavy atom. The fourth-order valence-electron chi connectivity index (χ4n) is 2.11. The van der Waals surface area contributed by atoms with Gasteiger partial charge < -0.3 is 5.73 Å². The SMILES string of the molecule is NC(CCl)=Nc1cccc2c1CCCCC2=O. The number of rotatable bonds is 2. The minimum Gasteiger partial charge on any atom is -0.386 e. The Balaban J connectivity index is 2.48. The highest BCUT2D eigenvalue weighted by molar-refractivity contribution is 6.28. The Morgan fingerprint density at radius 2 is 2.12 bits per heavy atom. The molecule has 2 rings (SSSR count). The second-order valence-electron chi connectivity index (χ2n) is 4.17. The third-order valence-corrected chi connectivity index (χ3v) is 3.21. The number of carbonyl (C=O) groups excluding carboxylic acids is 1. The molecule has 4 heteroatoms. The second-order valence-corrected chi connectivity index (χ2v) is 4.44. The topological polar surface area (TPSA) is 55.4 Å². The van der Waals surface area contributed by atoms with Gasteiger partial charge >= 0.3 is 0 Å². The van der Waals surface area contributed by atoms with Crippen LogP contribution in [-0.4, -0.2) is 17.5 Å². The molecule has 17 heavy (non-hydrogen) atoms.